The van der Waals surface area contributed by atoms with Crippen LogP contribution < -0.4 is 16.1 Å². The van der Waals surface area contributed by atoms with Crippen molar-refractivity contribution >= 4 is 29.2 Å². The summed E-state index contributed by atoms with van der Waals surface area (Å²) in [7, 11) is 1.51. The molecule has 0 atom stereocenters. The van der Waals surface area contributed by atoms with E-state index in [1.54, 1.807) is 23.2 Å². The molecule has 0 radical (unpaired) electrons. The molecule has 248 valence electrons. The Hall–Kier alpha value is -5.30. The van der Waals surface area contributed by atoms with Crippen LogP contribution in [-0.4, -0.2) is 74.9 Å². The summed E-state index contributed by atoms with van der Waals surface area (Å²) in [6.45, 7) is 4.00. The summed E-state index contributed by atoms with van der Waals surface area (Å²) in [5.41, 5.74) is 2.78. The summed E-state index contributed by atoms with van der Waals surface area (Å²) in [4.78, 5) is 69.5. The Labute approximate surface area is 276 Å². The first-order valence-corrected chi connectivity index (χ1v) is 16.0. The van der Waals surface area contributed by atoms with Crippen molar-refractivity contribution in [3.63, 3.8) is 0 Å². The van der Waals surface area contributed by atoms with Gasteiger partial charge in [-0.25, -0.2) is 19.8 Å². The fourth-order valence-electron chi connectivity index (χ4n) is 6.14. The molecule has 0 unspecified atom stereocenters. The average Bonchev–Trinajstić information content (AvgIpc) is 3.55. The smallest absolute Gasteiger partial charge is 0.332 e. The number of aromatic nitrogens is 4. The summed E-state index contributed by atoms with van der Waals surface area (Å²) in [6.07, 6.45) is 4.91. The lowest BCUT2D eigenvalue weighted by atomic mass is 9.99. The number of anilines is 1. The number of halogens is 1. The van der Waals surface area contributed by atoms with Crippen LogP contribution in [0.25, 0.3) is 0 Å². The van der Waals surface area contributed by atoms with E-state index in [1.165, 1.54) is 33.4 Å². The molecule has 0 fully saturated rings. The van der Waals surface area contributed by atoms with Gasteiger partial charge in [-0.2, -0.15) is 4.39 Å². The summed E-state index contributed by atoms with van der Waals surface area (Å²) < 4.78 is 21.4. The van der Waals surface area contributed by atoms with E-state index in [0.717, 1.165) is 18.1 Å². The number of rotatable bonds is 12. The van der Waals surface area contributed by atoms with E-state index in [4.69, 9.17) is 9.73 Å². The molecule has 1 aromatic carbocycles. The van der Waals surface area contributed by atoms with E-state index in [1.807, 2.05) is 31.2 Å². The first kappa shape index (κ1) is 32.6. The molecule has 4 aromatic rings. The second kappa shape index (κ2) is 14.2. The van der Waals surface area contributed by atoms with E-state index in [2.05, 4.69) is 9.97 Å². The SMILES string of the molecule is CCCn1c2c(c(=O)n(CCOC)c1=O)CC(c1ccc(N(CCCN3CCc4ccccc4C3=O)C(=O)c3ccc(F)nc3)nc1)=N2. The topological polar surface area (TPSA) is 132 Å². The Morgan fingerprint density at radius 3 is 2.54 bits per heavy atom. The van der Waals surface area contributed by atoms with Crippen molar-refractivity contribution in [2.45, 2.75) is 45.7 Å². The van der Waals surface area contributed by atoms with Gasteiger partial charge in [-0.15, -0.1) is 0 Å². The van der Waals surface area contributed by atoms with Crippen molar-refractivity contribution in [1.82, 2.24) is 24.0 Å². The van der Waals surface area contributed by atoms with Crippen LogP contribution in [0.2, 0.25) is 0 Å². The molecule has 0 spiro atoms. The Balaban J connectivity index is 1.24. The van der Waals surface area contributed by atoms with Crippen molar-refractivity contribution in [1.29, 1.82) is 0 Å². The molecule has 6 rings (SSSR count). The Bertz CT molecular complexity index is 1990. The predicted molar refractivity (Wildman–Crippen MR) is 178 cm³/mol. The van der Waals surface area contributed by atoms with Crippen LogP contribution in [-0.2, 0) is 30.7 Å². The van der Waals surface area contributed by atoms with Crippen LogP contribution in [0.15, 0.2) is 75.5 Å². The van der Waals surface area contributed by atoms with Gasteiger partial charge in [-0.05, 0) is 55.2 Å². The van der Waals surface area contributed by atoms with Crippen LogP contribution in [0.3, 0.4) is 0 Å². The Morgan fingerprint density at radius 1 is 0.979 bits per heavy atom. The normalized spacial score (nSPS) is 13.7. The molecule has 0 saturated carbocycles. The molecule has 2 amide bonds. The minimum absolute atomic E-state index is 0.0342. The molecule has 5 heterocycles. The summed E-state index contributed by atoms with van der Waals surface area (Å²) in [5.74, 6) is -0.436. The number of hydrogen-bond acceptors (Lipinski definition) is 8. The minimum atomic E-state index is -0.697. The molecule has 13 heteroatoms. The Kier molecular flexibility index (Phi) is 9.67. The highest BCUT2D eigenvalue weighted by molar-refractivity contribution is 6.07. The average molecular weight is 654 g/mol. The van der Waals surface area contributed by atoms with Crippen molar-refractivity contribution in [3.05, 3.63) is 116 Å². The first-order chi connectivity index (χ1) is 23.3. The van der Waals surface area contributed by atoms with E-state index in [9.17, 15) is 23.6 Å². The number of nitrogens with zero attached hydrogens (tertiary/aromatic N) is 7. The maximum Gasteiger partial charge on any atom is 0.332 e. The highest BCUT2D eigenvalue weighted by Crippen LogP contribution is 2.27. The van der Waals surface area contributed by atoms with Gasteiger partial charge in [0.1, 0.15) is 11.6 Å². The molecule has 12 nitrogen and oxygen atoms in total. The third-order valence-electron chi connectivity index (χ3n) is 8.61. The lowest BCUT2D eigenvalue weighted by Gasteiger charge is -2.29. The molecule has 0 N–H and O–H groups in total. The van der Waals surface area contributed by atoms with Gasteiger partial charge < -0.3 is 9.64 Å². The highest BCUT2D eigenvalue weighted by Gasteiger charge is 2.28. The molecular weight excluding hydrogens is 617 g/mol. The van der Waals surface area contributed by atoms with Crippen molar-refractivity contribution < 1.29 is 18.7 Å². The number of carbonyl (C=O) groups is 2. The van der Waals surface area contributed by atoms with Crippen molar-refractivity contribution in [3.8, 4) is 0 Å². The number of aliphatic imine (C=N–C) groups is 1. The number of amides is 2. The quantitative estimate of drug-likeness (QED) is 0.214. The third-order valence-corrected chi connectivity index (χ3v) is 8.61. The minimum Gasteiger partial charge on any atom is -0.383 e. The summed E-state index contributed by atoms with van der Waals surface area (Å²) in [5, 5.41) is 0. The van der Waals surface area contributed by atoms with Gasteiger partial charge in [0.25, 0.3) is 17.4 Å². The van der Waals surface area contributed by atoms with E-state index >= 15 is 0 Å². The van der Waals surface area contributed by atoms with Gasteiger partial charge in [0, 0.05) is 63.2 Å². The van der Waals surface area contributed by atoms with Crippen LogP contribution in [0.4, 0.5) is 16.0 Å². The zero-order chi connectivity index (χ0) is 33.8. The molecule has 48 heavy (non-hydrogen) atoms. The van der Waals surface area contributed by atoms with Crippen LogP contribution in [0.1, 0.15) is 57.2 Å². The fraction of sp³-hybridized carbons (Fsp3) is 0.343. The fourth-order valence-corrected chi connectivity index (χ4v) is 6.14. The van der Waals surface area contributed by atoms with Crippen molar-refractivity contribution in [2.24, 2.45) is 4.99 Å². The number of pyridine rings is 2. The maximum atomic E-state index is 13.7. The molecule has 3 aromatic heterocycles. The maximum absolute atomic E-state index is 13.7. The monoisotopic (exact) mass is 653 g/mol. The molecule has 2 aliphatic heterocycles. The summed E-state index contributed by atoms with van der Waals surface area (Å²) in [6, 6.07) is 13.5. The van der Waals surface area contributed by atoms with Crippen LogP contribution in [0.5, 0.6) is 0 Å². The van der Waals surface area contributed by atoms with Gasteiger partial charge >= 0.3 is 5.69 Å². The number of fused-ring (bicyclic) bond motifs is 2. The van der Waals surface area contributed by atoms with Gasteiger partial charge in [-0.1, -0.05) is 25.1 Å². The molecular formula is C35H36FN7O5. The van der Waals surface area contributed by atoms with Crippen LogP contribution >= 0.6 is 0 Å². The van der Waals surface area contributed by atoms with Gasteiger partial charge in [0.05, 0.1) is 30.0 Å². The van der Waals surface area contributed by atoms with E-state index in [0.29, 0.717) is 66.5 Å². The number of carbonyl (C=O) groups excluding carboxylic acids is 2. The molecule has 0 bridgehead atoms. The molecule has 0 aliphatic carbocycles. The lowest BCUT2D eigenvalue weighted by molar-refractivity contribution is 0.0738. The standard InChI is InChI=1S/C35H36FN7O5/c1-3-14-42-31-27(34(46)43(35(42)47)18-19-48-2)20-28(39-31)24-10-12-30(38-21-24)41(32(44)25-9-11-29(36)37-22-25)16-6-15-40-17-13-23-7-4-5-8-26(23)33(40)45/h4-5,7-12,21-22H,3,6,13-20H2,1-2H3. The van der Waals surface area contributed by atoms with Crippen LogP contribution in [0, 0.1) is 5.95 Å². The predicted octanol–water partition coefficient (Wildman–Crippen LogP) is 3.41. The zero-order valence-corrected chi connectivity index (χ0v) is 26.9. The highest BCUT2D eigenvalue weighted by atomic mass is 19.1. The molecule has 0 saturated heterocycles. The second-order valence-electron chi connectivity index (χ2n) is 11.7. The Morgan fingerprint density at radius 2 is 1.81 bits per heavy atom. The summed E-state index contributed by atoms with van der Waals surface area (Å²) >= 11 is 0. The van der Waals surface area contributed by atoms with E-state index in [-0.39, 0.29) is 43.1 Å². The van der Waals surface area contributed by atoms with Crippen molar-refractivity contribution in [2.75, 3.05) is 38.3 Å². The number of ether oxygens (including phenoxy) is 1. The molecule has 2 aliphatic rings. The number of hydrogen-bond donors (Lipinski definition) is 0. The zero-order valence-electron chi connectivity index (χ0n) is 26.9. The number of benzene rings is 1. The first-order valence-electron chi connectivity index (χ1n) is 16.0. The van der Waals surface area contributed by atoms with Gasteiger partial charge in [0.2, 0.25) is 5.95 Å². The lowest BCUT2D eigenvalue weighted by Crippen LogP contribution is -2.42. The van der Waals surface area contributed by atoms with Gasteiger partial charge in [-0.3, -0.25) is 28.4 Å². The van der Waals surface area contributed by atoms with Gasteiger partial charge in [0.15, 0.2) is 0 Å². The second-order valence-corrected chi connectivity index (χ2v) is 11.7. The third kappa shape index (κ3) is 6.45. The largest absolute Gasteiger partial charge is 0.383 e. The number of methoxy groups -OCH3 is 1. The van der Waals surface area contributed by atoms with E-state index < -0.39 is 17.5 Å².